The molecule has 0 bridgehead atoms. The Kier molecular flexibility index (Phi) is 5.39. The first-order chi connectivity index (χ1) is 16.3. The summed E-state index contributed by atoms with van der Waals surface area (Å²) in [6.07, 6.45) is 12.8. The minimum atomic E-state index is 0.190. The Bertz CT molecular complexity index is 1290. The highest BCUT2D eigenvalue weighted by Gasteiger charge is 2.22. The number of fused-ring (bicyclic) bond motifs is 4. The minimum Gasteiger partial charge on any atom is -0.395 e. The van der Waals surface area contributed by atoms with Crippen LogP contribution >= 0.6 is 0 Å². The molecule has 0 saturated heterocycles. The molecule has 5 heterocycles. The van der Waals surface area contributed by atoms with Gasteiger partial charge in [0.15, 0.2) is 0 Å². The van der Waals surface area contributed by atoms with Crippen molar-refractivity contribution in [3.63, 3.8) is 0 Å². The van der Waals surface area contributed by atoms with E-state index in [1.807, 2.05) is 24.7 Å². The van der Waals surface area contributed by atoms with Crippen LogP contribution in [-0.2, 0) is 13.0 Å². The number of aliphatic hydroxyl groups is 1. The lowest BCUT2D eigenvalue weighted by molar-refractivity contribution is 0.183. The number of nitrogens with zero attached hydrogens (tertiary/aromatic N) is 6. The summed E-state index contributed by atoms with van der Waals surface area (Å²) in [5.41, 5.74) is 4.45. The fraction of sp³-hybridized carbons (Fsp3) is 0.440. The molecule has 0 radical (unpaired) electrons. The van der Waals surface area contributed by atoms with Gasteiger partial charge < -0.3 is 15.0 Å². The van der Waals surface area contributed by atoms with Crippen molar-refractivity contribution in [1.82, 2.24) is 29.4 Å². The zero-order valence-electron chi connectivity index (χ0n) is 18.7. The molecular weight excluding hydrogens is 414 g/mol. The summed E-state index contributed by atoms with van der Waals surface area (Å²) in [4.78, 5) is 21.1. The Balaban J connectivity index is 1.34. The van der Waals surface area contributed by atoms with E-state index in [4.69, 9.17) is 9.97 Å². The molecule has 8 heteroatoms. The van der Waals surface area contributed by atoms with Gasteiger partial charge in [0.25, 0.3) is 0 Å². The second kappa shape index (κ2) is 8.68. The molecular formula is C25H29N7O. The number of aliphatic hydroxyl groups excluding tert-OH is 1. The third-order valence-corrected chi connectivity index (χ3v) is 7.07. The van der Waals surface area contributed by atoms with Gasteiger partial charge in [0.1, 0.15) is 11.5 Å². The molecule has 1 saturated carbocycles. The maximum Gasteiger partial charge on any atom is 0.230 e. The Morgan fingerprint density at radius 3 is 2.82 bits per heavy atom. The summed E-state index contributed by atoms with van der Waals surface area (Å²) in [7, 11) is 0. The van der Waals surface area contributed by atoms with Crippen LogP contribution in [0.3, 0.4) is 0 Å². The molecule has 0 unspecified atom stereocenters. The Hall–Kier alpha value is -3.10. The van der Waals surface area contributed by atoms with Crippen LogP contribution in [0.5, 0.6) is 0 Å². The first kappa shape index (κ1) is 20.5. The topological polar surface area (TPSA) is 92.0 Å². The lowest BCUT2D eigenvalue weighted by Crippen LogP contribution is -2.33. The molecule has 8 nitrogen and oxygen atoms in total. The molecule has 4 aromatic rings. The van der Waals surface area contributed by atoms with Gasteiger partial charge >= 0.3 is 0 Å². The van der Waals surface area contributed by atoms with E-state index >= 15 is 0 Å². The molecule has 1 aliphatic carbocycles. The van der Waals surface area contributed by atoms with Gasteiger partial charge in [-0.2, -0.15) is 4.98 Å². The second-order valence-electron chi connectivity index (χ2n) is 9.16. The van der Waals surface area contributed by atoms with Crippen molar-refractivity contribution in [1.29, 1.82) is 0 Å². The van der Waals surface area contributed by atoms with E-state index in [0.29, 0.717) is 18.5 Å². The molecule has 0 spiro atoms. The number of rotatable bonds is 5. The van der Waals surface area contributed by atoms with Gasteiger partial charge in [-0.3, -0.25) is 9.88 Å². The summed E-state index contributed by atoms with van der Waals surface area (Å²) in [5.74, 6) is 1.34. The lowest BCUT2D eigenvalue weighted by atomic mass is 9.95. The van der Waals surface area contributed by atoms with Crippen LogP contribution < -0.4 is 5.32 Å². The number of pyridine rings is 2. The molecule has 33 heavy (non-hydrogen) atoms. The number of hydrogen-bond acceptors (Lipinski definition) is 7. The molecule has 4 aromatic heterocycles. The first-order valence-electron chi connectivity index (χ1n) is 12.0. The predicted octanol–water partition coefficient (Wildman–Crippen LogP) is 3.97. The number of β-amino-alcohol motifs (C(OH)–C–C–N with tert-alkyl or cyclic N) is 1. The smallest absolute Gasteiger partial charge is 0.230 e. The highest BCUT2D eigenvalue weighted by atomic mass is 16.3. The van der Waals surface area contributed by atoms with E-state index in [-0.39, 0.29) is 6.61 Å². The first-order valence-corrected chi connectivity index (χ1v) is 12.0. The van der Waals surface area contributed by atoms with Crippen LogP contribution in [-0.4, -0.2) is 54.2 Å². The third kappa shape index (κ3) is 3.83. The molecule has 170 valence electrons. The predicted molar refractivity (Wildman–Crippen MR) is 129 cm³/mol. The number of hydrogen-bond donors (Lipinski definition) is 2. The van der Waals surface area contributed by atoms with Gasteiger partial charge in [-0.15, -0.1) is 0 Å². The zero-order chi connectivity index (χ0) is 22.2. The summed E-state index contributed by atoms with van der Waals surface area (Å²) in [6, 6.07) is 6.64. The summed E-state index contributed by atoms with van der Waals surface area (Å²) in [6.45, 7) is 2.65. The Labute approximate surface area is 192 Å². The summed E-state index contributed by atoms with van der Waals surface area (Å²) < 4.78 is 2.39. The number of aromatic nitrogens is 5. The quantitative estimate of drug-likeness (QED) is 0.482. The molecule has 1 aliphatic heterocycles. The molecule has 2 aliphatic rings. The monoisotopic (exact) mass is 443 g/mol. The standard InChI is InChI=1S/C25H29N7O/c33-13-12-31-11-9-21-17(16-31)6-7-23(28-21)29-25-27-14-20-19-8-10-26-15-22(19)32(24(20)30-25)18-4-2-1-3-5-18/h6-8,10,14-15,18,33H,1-5,9,11-13,16H2,(H,27,28,29,30). The average molecular weight is 444 g/mol. The number of nitrogens with one attached hydrogen (secondary N) is 1. The maximum atomic E-state index is 9.21. The van der Waals surface area contributed by atoms with Crippen LogP contribution in [0.4, 0.5) is 11.8 Å². The van der Waals surface area contributed by atoms with E-state index in [0.717, 1.165) is 53.0 Å². The SMILES string of the molecule is OCCN1CCc2nc(Nc3ncc4c5ccncc5n(C5CCCCC5)c4n3)ccc2C1. The second-order valence-corrected chi connectivity index (χ2v) is 9.16. The van der Waals surface area contributed by atoms with Gasteiger partial charge in [-0.1, -0.05) is 25.3 Å². The van der Waals surface area contributed by atoms with Crippen LogP contribution in [0, 0.1) is 0 Å². The van der Waals surface area contributed by atoms with Crippen LogP contribution in [0.2, 0.25) is 0 Å². The highest BCUT2D eigenvalue weighted by molar-refractivity contribution is 6.06. The maximum absolute atomic E-state index is 9.21. The summed E-state index contributed by atoms with van der Waals surface area (Å²) in [5, 5.41) is 14.8. The Morgan fingerprint density at radius 1 is 1.03 bits per heavy atom. The van der Waals surface area contributed by atoms with E-state index < -0.39 is 0 Å². The van der Waals surface area contributed by atoms with Crippen molar-refractivity contribution >= 4 is 33.7 Å². The van der Waals surface area contributed by atoms with Crippen LogP contribution in [0.25, 0.3) is 21.9 Å². The van der Waals surface area contributed by atoms with Crippen molar-refractivity contribution < 1.29 is 5.11 Å². The van der Waals surface area contributed by atoms with E-state index in [1.54, 1.807) is 0 Å². The molecule has 0 amide bonds. The van der Waals surface area contributed by atoms with Gasteiger partial charge in [0.05, 0.1) is 18.3 Å². The average Bonchev–Trinajstić information content (AvgIpc) is 3.18. The van der Waals surface area contributed by atoms with E-state index in [2.05, 4.69) is 36.9 Å². The number of anilines is 2. The van der Waals surface area contributed by atoms with Crippen molar-refractivity contribution in [2.24, 2.45) is 0 Å². The third-order valence-electron chi connectivity index (χ3n) is 7.07. The fourth-order valence-corrected chi connectivity index (χ4v) is 5.43. The van der Waals surface area contributed by atoms with Gasteiger partial charge in [0, 0.05) is 61.0 Å². The molecule has 0 aromatic carbocycles. The Morgan fingerprint density at radius 2 is 1.94 bits per heavy atom. The van der Waals surface area contributed by atoms with Crippen molar-refractivity contribution in [2.75, 3.05) is 25.0 Å². The molecule has 2 N–H and O–H groups in total. The summed E-state index contributed by atoms with van der Waals surface area (Å²) >= 11 is 0. The van der Waals surface area contributed by atoms with Crippen molar-refractivity contribution in [3.8, 4) is 0 Å². The van der Waals surface area contributed by atoms with E-state index in [1.165, 1.54) is 37.7 Å². The normalized spacial score (nSPS) is 17.5. The van der Waals surface area contributed by atoms with Crippen molar-refractivity contribution in [3.05, 3.63) is 48.0 Å². The fourth-order valence-electron chi connectivity index (χ4n) is 5.43. The zero-order valence-corrected chi connectivity index (χ0v) is 18.7. The highest BCUT2D eigenvalue weighted by Crippen LogP contribution is 2.36. The van der Waals surface area contributed by atoms with Crippen LogP contribution in [0.1, 0.15) is 49.4 Å². The lowest BCUT2D eigenvalue weighted by Gasteiger charge is -2.27. The largest absolute Gasteiger partial charge is 0.395 e. The molecule has 6 rings (SSSR count). The molecule has 1 fully saturated rings. The van der Waals surface area contributed by atoms with Gasteiger partial charge in [-0.05, 0) is 30.5 Å². The van der Waals surface area contributed by atoms with Gasteiger partial charge in [0.2, 0.25) is 5.95 Å². The molecule has 0 atom stereocenters. The van der Waals surface area contributed by atoms with Crippen molar-refractivity contribution in [2.45, 2.75) is 51.1 Å². The van der Waals surface area contributed by atoms with Gasteiger partial charge in [-0.25, -0.2) is 9.97 Å². The van der Waals surface area contributed by atoms with E-state index in [9.17, 15) is 5.11 Å². The van der Waals surface area contributed by atoms with Crippen LogP contribution in [0.15, 0.2) is 36.8 Å². The minimum absolute atomic E-state index is 0.190.